The number of amides is 3. The summed E-state index contributed by atoms with van der Waals surface area (Å²) in [6, 6.07) is 19.9. The Bertz CT molecular complexity index is 1180. The molecule has 0 saturated carbocycles. The fourth-order valence-electron chi connectivity index (χ4n) is 4.13. The zero-order chi connectivity index (χ0) is 24.6. The minimum atomic E-state index is -0.440. The van der Waals surface area contributed by atoms with Gasteiger partial charge in [-0.25, -0.2) is 4.79 Å². The Hall–Kier alpha value is -3.22. The van der Waals surface area contributed by atoms with Crippen LogP contribution in [0, 0.1) is 0 Å². The summed E-state index contributed by atoms with van der Waals surface area (Å²) in [4.78, 5) is 28.0. The van der Waals surface area contributed by atoms with Gasteiger partial charge in [-0.1, -0.05) is 53.5 Å². The van der Waals surface area contributed by atoms with Gasteiger partial charge < -0.3 is 20.9 Å². The van der Waals surface area contributed by atoms with E-state index in [0.29, 0.717) is 33.5 Å². The van der Waals surface area contributed by atoms with Gasteiger partial charge in [-0.2, -0.15) is 0 Å². The summed E-state index contributed by atoms with van der Waals surface area (Å²) < 4.78 is 0. The van der Waals surface area contributed by atoms with E-state index in [1.54, 1.807) is 24.3 Å². The van der Waals surface area contributed by atoms with Crippen molar-refractivity contribution < 1.29 is 9.59 Å². The smallest absolute Gasteiger partial charge is 0.323 e. The molecule has 0 aromatic heterocycles. The normalized spacial score (nSPS) is 13.3. The molecular weight excluding hydrogens is 483 g/mol. The summed E-state index contributed by atoms with van der Waals surface area (Å²) in [5.41, 5.74) is 3.64. The van der Waals surface area contributed by atoms with Crippen LogP contribution in [0.15, 0.2) is 66.7 Å². The van der Waals surface area contributed by atoms with Crippen molar-refractivity contribution in [3.63, 3.8) is 0 Å². The highest BCUT2D eigenvalue weighted by Crippen LogP contribution is 2.28. The van der Waals surface area contributed by atoms with Crippen molar-refractivity contribution in [1.29, 1.82) is 0 Å². The number of carbonyl (C=O) groups is 2. The van der Waals surface area contributed by atoms with E-state index in [2.05, 4.69) is 20.9 Å². The highest BCUT2D eigenvalue weighted by Gasteiger charge is 2.20. The predicted octanol–water partition coefficient (Wildman–Crippen LogP) is 6.60. The van der Waals surface area contributed by atoms with Crippen LogP contribution < -0.4 is 20.9 Å². The van der Waals surface area contributed by atoms with Crippen molar-refractivity contribution >= 4 is 52.2 Å². The average Bonchev–Trinajstić information content (AvgIpc) is 2.87. The van der Waals surface area contributed by atoms with Gasteiger partial charge in [-0.05, 0) is 67.6 Å². The molecule has 1 aliphatic heterocycles. The molecule has 3 amide bonds. The van der Waals surface area contributed by atoms with Crippen molar-refractivity contribution in [3.05, 3.63) is 87.9 Å². The quantitative estimate of drug-likeness (QED) is 0.335. The molecule has 8 heteroatoms. The Labute approximate surface area is 215 Å². The maximum absolute atomic E-state index is 13.2. The molecular formula is C27H28Cl2N4O2. The van der Waals surface area contributed by atoms with Gasteiger partial charge in [0, 0.05) is 36.7 Å². The maximum Gasteiger partial charge on any atom is 0.323 e. The van der Waals surface area contributed by atoms with E-state index in [9.17, 15) is 9.59 Å². The number of rotatable bonds is 7. The van der Waals surface area contributed by atoms with Crippen LogP contribution in [0.25, 0.3) is 0 Å². The van der Waals surface area contributed by atoms with Crippen LogP contribution in [0.1, 0.15) is 35.2 Å². The monoisotopic (exact) mass is 510 g/mol. The number of nitrogens with zero attached hydrogens (tertiary/aromatic N) is 1. The number of anilines is 3. The van der Waals surface area contributed by atoms with Crippen LogP contribution in [0.4, 0.5) is 21.9 Å². The lowest BCUT2D eigenvalue weighted by Crippen LogP contribution is -2.33. The number of hydrogen-bond acceptors (Lipinski definition) is 3. The number of halogens is 2. The molecule has 1 aliphatic rings. The maximum atomic E-state index is 13.2. The van der Waals surface area contributed by atoms with Crippen LogP contribution in [-0.4, -0.2) is 31.6 Å². The third-order valence-electron chi connectivity index (χ3n) is 5.92. The van der Waals surface area contributed by atoms with Gasteiger partial charge in [-0.3, -0.25) is 4.79 Å². The molecule has 1 saturated heterocycles. The highest BCUT2D eigenvalue weighted by atomic mass is 35.5. The molecule has 0 bridgehead atoms. The van der Waals surface area contributed by atoms with Crippen LogP contribution in [0.3, 0.4) is 0 Å². The molecule has 1 fully saturated rings. The first-order chi connectivity index (χ1) is 17.0. The van der Waals surface area contributed by atoms with Crippen LogP contribution in [0.5, 0.6) is 0 Å². The van der Waals surface area contributed by atoms with E-state index in [1.165, 1.54) is 12.0 Å². The Morgan fingerprint density at radius 2 is 1.49 bits per heavy atom. The van der Waals surface area contributed by atoms with Gasteiger partial charge >= 0.3 is 6.03 Å². The molecule has 3 N–H and O–H groups in total. The lowest BCUT2D eigenvalue weighted by molar-refractivity contribution is 0.0954. The van der Waals surface area contributed by atoms with Crippen molar-refractivity contribution in [1.82, 2.24) is 5.32 Å². The summed E-state index contributed by atoms with van der Waals surface area (Å²) in [6.45, 7) is 2.35. The molecule has 0 unspecified atom stereocenters. The van der Waals surface area contributed by atoms with E-state index >= 15 is 0 Å². The van der Waals surface area contributed by atoms with Gasteiger partial charge in [0.25, 0.3) is 5.91 Å². The first-order valence-corrected chi connectivity index (χ1v) is 12.5. The molecule has 1 heterocycles. The van der Waals surface area contributed by atoms with Crippen LogP contribution >= 0.6 is 23.2 Å². The van der Waals surface area contributed by atoms with E-state index < -0.39 is 6.03 Å². The molecule has 3 aromatic rings. The van der Waals surface area contributed by atoms with E-state index in [4.69, 9.17) is 23.2 Å². The average molecular weight is 511 g/mol. The molecule has 3 aromatic carbocycles. The number of hydrogen-bond donors (Lipinski definition) is 3. The third-order valence-corrected chi connectivity index (χ3v) is 6.65. The second kappa shape index (κ2) is 12.0. The Balaban J connectivity index is 1.47. The highest BCUT2D eigenvalue weighted by molar-refractivity contribution is 6.42. The Morgan fingerprint density at radius 1 is 0.800 bits per heavy atom. The second-order valence-electron chi connectivity index (χ2n) is 8.48. The summed E-state index contributed by atoms with van der Waals surface area (Å²) in [7, 11) is 0. The minimum Gasteiger partial charge on any atom is -0.371 e. The van der Waals surface area contributed by atoms with Crippen molar-refractivity contribution in [3.8, 4) is 0 Å². The van der Waals surface area contributed by atoms with E-state index in [1.807, 2.05) is 42.5 Å². The number of benzene rings is 3. The van der Waals surface area contributed by atoms with Crippen molar-refractivity contribution in [2.75, 3.05) is 35.2 Å². The number of piperidine rings is 1. The third kappa shape index (κ3) is 6.90. The van der Waals surface area contributed by atoms with E-state index in [0.717, 1.165) is 38.0 Å². The van der Waals surface area contributed by atoms with E-state index in [-0.39, 0.29) is 5.91 Å². The van der Waals surface area contributed by atoms with Gasteiger partial charge in [0.2, 0.25) is 0 Å². The van der Waals surface area contributed by atoms with Crippen molar-refractivity contribution in [2.45, 2.75) is 25.7 Å². The fourth-order valence-corrected chi connectivity index (χ4v) is 4.43. The molecule has 0 aliphatic carbocycles. The predicted molar refractivity (Wildman–Crippen MR) is 144 cm³/mol. The summed E-state index contributed by atoms with van der Waals surface area (Å²) in [5.74, 6) is -0.157. The fraction of sp³-hybridized carbons (Fsp3) is 0.259. The van der Waals surface area contributed by atoms with Crippen LogP contribution in [-0.2, 0) is 6.42 Å². The Kier molecular flexibility index (Phi) is 8.50. The van der Waals surface area contributed by atoms with Crippen LogP contribution in [0.2, 0.25) is 10.0 Å². The minimum absolute atomic E-state index is 0.157. The standard InChI is InChI=1S/C27H28Cl2N4O2/c28-23-11-9-21(18-24(23)29)32-27(35)31-20-10-12-25(33-15-5-2-6-16-33)22(17-20)26(34)30-14-13-19-7-3-1-4-8-19/h1,3-4,7-12,17-18H,2,5-6,13-16H2,(H,30,34)(H2,31,32,35). The molecule has 0 spiro atoms. The SMILES string of the molecule is O=C(Nc1ccc(Cl)c(Cl)c1)Nc1ccc(N2CCCCC2)c(C(=O)NCCc2ccccc2)c1. The molecule has 6 nitrogen and oxygen atoms in total. The van der Waals surface area contributed by atoms with Gasteiger partial charge in [0.05, 0.1) is 15.6 Å². The largest absolute Gasteiger partial charge is 0.371 e. The zero-order valence-electron chi connectivity index (χ0n) is 19.3. The zero-order valence-corrected chi connectivity index (χ0v) is 20.8. The number of carbonyl (C=O) groups excluding carboxylic acids is 2. The lowest BCUT2D eigenvalue weighted by Gasteiger charge is -2.30. The first-order valence-electron chi connectivity index (χ1n) is 11.7. The van der Waals surface area contributed by atoms with Gasteiger partial charge in [0.15, 0.2) is 0 Å². The summed E-state index contributed by atoms with van der Waals surface area (Å²) in [6.07, 6.45) is 4.14. The topological polar surface area (TPSA) is 73.5 Å². The lowest BCUT2D eigenvalue weighted by atomic mass is 10.1. The molecule has 4 rings (SSSR count). The van der Waals surface area contributed by atoms with Crippen molar-refractivity contribution in [2.24, 2.45) is 0 Å². The number of nitrogens with one attached hydrogen (secondary N) is 3. The molecule has 182 valence electrons. The number of urea groups is 1. The second-order valence-corrected chi connectivity index (χ2v) is 9.29. The molecule has 0 radical (unpaired) electrons. The molecule has 0 atom stereocenters. The van der Waals surface area contributed by atoms with Gasteiger partial charge in [0.1, 0.15) is 0 Å². The van der Waals surface area contributed by atoms with Gasteiger partial charge in [-0.15, -0.1) is 0 Å². The first kappa shape index (κ1) is 24.9. The summed E-state index contributed by atoms with van der Waals surface area (Å²) >= 11 is 12.0. The molecule has 35 heavy (non-hydrogen) atoms. The summed E-state index contributed by atoms with van der Waals surface area (Å²) in [5, 5.41) is 9.34. The Morgan fingerprint density at radius 3 is 2.20 bits per heavy atom.